The first-order valence-corrected chi connectivity index (χ1v) is 6.76. The Labute approximate surface area is 66.6 Å². The lowest BCUT2D eigenvalue weighted by atomic mass is 10.5. The van der Waals surface area contributed by atoms with Gasteiger partial charge in [-0.1, -0.05) is 30.0 Å². The van der Waals surface area contributed by atoms with Crippen LogP contribution in [0.25, 0.3) is 0 Å². The quantitative estimate of drug-likeness (QED) is 0.627. The minimum Gasteiger partial charge on any atom is -0.335 e. The topological polar surface area (TPSA) is 9.23 Å². The maximum atomic E-state index is 5.82. The second-order valence-electron chi connectivity index (χ2n) is 2.06. The number of rotatable bonds is 3. The molecular weight excluding hydrogens is 175 g/mol. The van der Waals surface area contributed by atoms with Crippen LogP contribution in [0.2, 0.25) is 0 Å². The first kappa shape index (κ1) is 9.90. The van der Waals surface area contributed by atoms with Gasteiger partial charge in [-0.05, 0) is 13.8 Å². The van der Waals surface area contributed by atoms with Gasteiger partial charge in [0.2, 0.25) is 0 Å². The molecule has 0 aromatic heterocycles. The normalized spacial score (nSPS) is 17.9. The van der Waals surface area contributed by atoms with Crippen molar-refractivity contribution in [3.63, 3.8) is 0 Å². The van der Waals surface area contributed by atoms with E-state index in [9.17, 15) is 0 Å². The Hall–Kier alpha value is 0.900. The zero-order valence-electron chi connectivity index (χ0n) is 5.93. The van der Waals surface area contributed by atoms with Gasteiger partial charge in [-0.2, -0.15) is 0 Å². The molecule has 9 heavy (non-hydrogen) atoms. The van der Waals surface area contributed by atoms with Crippen molar-refractivity contribution in [3.05, 3.63) is 0 Å². The van der Waals surface area contributed by atoms with Crippen molar-refractivity contribution >= 4 is 28.7 Å². The monoisotopic (exact) mass is 186 g/mol. The summed E-state index contributed by atoms with van der Waals surface area (Å²) in [4.78, 5) is 0. The van der Waals surface area contributed by atoms with Gasteiger partial charge in [0.25, 0.3) is 0 Å². The third-order valence-electron chi connectivity index (χ3n) is 0.746. The molecule has 0 aliphatic carbocycles. The summed E-state index contributed by atoms with van der Waals surface area (Å²) in [5.41, 5.74) is -1.92. The lowest BCUT2D eigenvalue weighted by molar-refractivity contribution is 0.275. The zero-order valence-corrected chi connectivity index (χ0v) is 8.39. The molecule has 0 bridgehead atoms. The fourth-order valence-electron chi connectivity index (χ4n) is 0.389. The fourth-order valence-corrected chi connectivity index (χ4v) is 2.16. The molecule has 0 heterocycles. The van der Waals surface area contributed by atoms with Crippen molar-refractivity contribution in [3.8, 4) is 0 Å². The Balaban J connectivity index is 3.73. The van der Waals surface area contributed by atoms with E-state index in [0.29, 0.717) is 0 Å². The van der Waals surface area contributed by atoms with Gasteiger partial charge < -0.3 is 4.52 Å². The second-order valence-corrected chi connectivity index (χ2v) is 8.09. The fraction of sp³-hybridized carbons (Fsp3) is 1.00. The summed E-state index contributed by atoms with van der Waals surface area (Å²) in [6, 6.07) is 0. The van der Waals surface area contributed by atoms with Gasteiger partial charge >= 0.3 is 0 Å². The summed E-state index contributed by atoms with van der Waals surface area (Å²) < 4.78 is 5.28. The molecule has 0 fully saturated rings. The highest BCUT2D eigenvalue weighted by Gasteiger charge is 2.11. The van der Waals surface area contributed by atoms with Crippen LogP contribution >= 0.6 is 16.9 Å². The molecular formula is C5H12ClOPS. The summed E-state index contributed by atoms with van der Waals surface area (Å²) in [7, 11) is 0. The van der Waals surface area contributed by atoms with Crippen molar-refractivity contribution in [2.24, 2.45) is 0 Å². The lowest BCUT2D eigenvalue weighted by Gasteiger charge is -2.15. The molecule has 0 aromatic carbocycles. The van der Waals surface area contributed by atoms with Gasteiger partial charge in [0.05, 0.1) is 6.10 Å². The SMILES string of the molecule is CCP(=S)(Cl)OC(C)C. The van der Waals surface area contributed by atoms with Crippen LogP contribution in [-0.2, 0) is 16.3 Å². The van der Waals surface area contributed by atoms with Crippen LogP contribution in [0, 0.1) is 0 Å². The van der Waals surface area contributed by atoms with E-state index >= 15 is 0 Å². The van der Waals surface area contributed by atoms with Gasteiger partial charge in [0, 0.05) is 6.16 Å². The Morgan fingerprint density at radius 2 is 2.11 bits per heavy atom. The van der Waals surface area contributed by atoms with E-state index in [4.69, 9.17) is 27.6 Å². The minimum atomic E-state index is -1.92. The Morgan fingerprint density at radius 3 is 2.22 bits per heavy atom. The maximum absolute atomic E-state index is 5.82. The van der Waals surface area contributed by atoms with Crippen LogP contribution in [-0.4, -0.2) is 12.3 Å². The molecule has 0 saturated heterocycles. The zero-order chi connectivity index (χ0) is 7.49. The van der Waals surface area contributed by atoms with Crippen LogP contribution < -0.4 is 0 Å². The highest BCUT2D eigenvalue weighted by Crippen LogP contribution is 2.53. The summed E-state index contributed by atoms with van der Waals surface area (Å²) in [6.07, 6.45) is 0.926. The second kappa shape index (κ2) is 3.92. The summed E-state index contributed by atoms with van der Waals surface area (Å²) in [6.45, 7) is 5.84. The number of hydrogen-bond acceptors (Lipinski definition) is 2. The molecule has 4 heteroatoms. The molecule has 0 aromatic rings. The highest BCUT2D eigenvalue weighted by atomic mass is 35.7. The van der Waals surface area contributed by atoms with E-state index in [1.54, 1.807) is 0 Å². The van der Waals surface area contributed by atoms with Crippen LogP contribution in [0.5, 0.6) is 0 Å². The Morgan fingerprint density at radius 1 is 1.67 bits per heavy atom. The van der Waals surface area contributed by atoms with Crippen LogP contribution in [0.4, 0.5) is 0 Å². The molecule has 0 amide bonds. The Bertz CT molecular complexity index is 126. The van der Waals surface area contributed by atoms with Gasteiger partial charge in [-0.15, -0.1) is 0 Å². The van der Waals surface area contributed by atoms with E-state index < -0.39 is 5.62 Å². The van der Waals surface area contributed by atoms with E-state index in [1.807, 2.05) is 20.8 Å². The molecule has 1 nitrogen and oxygen atoms in total. The van der Waals surface area contributed by atoms with E-state index in [-0.39, 0.29) is 6.10 Å². The molecule has 0 aliphatic heterocycles. The van der Waals surface area contributed by atoms with Gasteiger partial charge in [-0.3, -0.25) is 0 Å². The predicted molar refractivity (Wildman–Crippen MR) is 46.9 cm³/mol. The lowest BCUT2D eigenvalue weighted by Crippen LogP contribution is -1.97. The average molecular weight is 187 g/mol. The Kier molecular flexibility index (Phi) is 4.31. The van der Waals surface area contributed by atoms with Crippen molar-refractivity contribution < 1.29 is 4.52 Å². The minimum absolute atomic E-state index is 0.160. The summed E-state index contributed by atoms with van der Waals surface area (Å²) >= 11 is 10.8. The summed E-state index contributed by atoms with van der Waals surface area (Å²) in [5, 5.41) is 0. The molecule has 0 aliphatic rings. The van der Waals surface area contributed by atoms with Gasteiger partial charge in [0.15, 0.2) is 5.62 Å². The highest BCUT2D eigenvalue weighted by molar-refractivity contribution is 8.24. The first-order valence-electron chi connectivity index (χ1n) is 2.95. The molecule has 0 radical (unpaired) electrons. The van der Waals surface area contributed by atoms with Gasteiger partial charge in [0.1, 0.15) is 0 Å². The molecule has 1 unspecified atom stereocenters. The molecule has 56 valence electrons. The van der Waals surface area contributed by atoms with Crippen LogP contribution in [0.3, 0.4) is 0 Å². The predicted octanol–water partition coefficient (Wildman–Crippen LogP) is 2.98. The van der Waals surface area contributed by atoms with E-state index in [1.165, 1.54) is 0 Å². The molecule has 0 saturated carbocycles. The van der Waals surface area contributed by atoms with Crippen molar-refractivity contribution in [2.75, 3.05) is 6.16 Å². The number of halogens is 1. The first-order chi connectivity index (χ1) is 3.98. The van der Waals surface area contributed by atoms with E-state index in [0.717, 1.165) is 6.16 Å². The average Bonchev–Trinajstić information content (AvgIpc) is 1.63. The van der Waals surface area contributed by atoms with Crippen molar-refractivity contribution in [1.29, 1.82) is 0 Å². The van der Waals surface area contributed by atoms with E-state index in [2.05, 4.69) is 0 Å². The number of hydrogen-bond donors (Lipinski definition) is 0. The smallest absolute Gasteiger partial charge is 0.151 e. The van der Waals surface area contributed by atoms with Crippen molar-refractivity contribution in [2.45, 2.75) is 26.9 Å². The van der Waals surface area contributed by atoms with Crippen molar-refractivity contribution in [1.82, 2.24) is 0 Å². The van der Waals surface area contributed by atoms with Gasteiger partial charge in [-0.25, -0.2) is 0 Å². The molecule has 0 rings (SSSR count). The molecule has 0 N–H and O–H groups in total. The molecule has 1 atom stereocenters. The summed E-state index contributed by atoms with van der Waals surface area (Å²) in [5.74, 6) is 0. The maximum Gasteiger partial charge on any atom is 0.151 e. The molecule has 0 spiro atoms. The standard InChI is InChI=1S/C5H12ClOPS/c1-4-8(6,9)7-5(2)3/h5H,4H2,1-3H3. The van der Waals surface area contributed by atoms with Crippen LogP contribution in [0.1, 0.15) is 20.8 Å². The third kappa shape index (κ3) is 5.35. The van der Waals surface area contributed by atoms with Crippen LogP contribution in [0.15, 0.2) is 0 Å². The largest absolute Gasteiger partial charge is 0.335 e. The third-order valence-corrected chi connectivity index (χ3v) is 4.23.